The summed E-state index contributed by atoms with van der Waals surface area (Å²) in [6, 6.07) is 15.1. The van der Waals surface area contributed by atoms with Crippen LogP contribution in [0.25, 0.3) is 16.5 Å². The van der Waals surface area contributed by atoms with Crippen molar-refractivity contribution >= 4 is 28.0 Å². The number of allylic oxidation sites excluding steroid dienone is 4. The first-order valence-electron chi connectivity index (χ1n) is 10.1. The van der Waals surface area contributed by atoms with Gasteiger partial charge in [0, 0.05) is 16.6 Å². The Kier molecular flexibility index (Phi) is 10.8. The van der Waals surface area contributed by atoms with Crippen molar-refractivity contribution in [1.29, 1.82) is 5.26 Å². The molecule has 1 heterocycles. The molecule has 5 nitrogen and oxygen atoms in total. The molecule has 0 bridgehead atoms. The van der Waals surface area contributed by atoms with Gasteiger partial charge in [0.1, 0.15) is 11.6 Å². The Labute approximate surface area is 185 Å². The van der Waals surface area contributed by atoms with Crippen LogP contribution in [0.5, 0.6) is 5.75 Å². The minimum Gasteiger partial charge on any atom is -0.497 e. The van der Waals surface area contributed by atoms with Gasteiger partial charge < -0.3 is 10.1 Å². The molecular weight excluding hydrogens is 384 g/mol. The van der Waals surface area contributed by atoms with Crippen LogP contribution in [0.15, 0.2) is 73.9 Å². The van der Waals surface area contributed by atoms with E-state index in [1.807, 2.05) is 76.3 Å². The van der Waals surface area contributed by atoms with E-state index in [4.69, 9.17) is 20.0 Å². The highest BCUT2D eigenvalue weighted by atomic mass is 16.5. The fourth-order valence-electron chi connectivity index (χ4n) is 2.74. The molecule has 0 atom stereocenters. The highest BCUT2D eigenvalue weighted by Crippen LogP contribution is 2.29. The number of benzene rings is 2. The lowest BCUT2D eigenvalue weighted by Gasteiger charge is -2.12. The van der Waals surface area contributed by atoms with Crippen molar-refractivity contribution in [2.75, 3.05) is 12.4 Å². The Morgan fingerprint density at radius 1 is 1.10 bits per heavy atom. The minimum atomic E-state index is 0.583. The van der Waals surface area contributed by atoms with E-state index in [-0.39, 0.29) is 0 Å². The summed E-state index contributed by atoms with van der Waals surface area (Å²) in [5.74, 6) is 2.02. The molecule has 0 saturated carbocycles. The van der Waals surface area contributed by atoms with Crippen LogP contribution in [-0.4, -0.2) is 17.1 Å². The van der Waals surface area contributed by atoms with Gasteiger partial charge >= 0.3 is 0 Å². The monoisotopic (exact) mass is 414 g/mol. The predicted octanol–water partition coefficient (Wildman–Crippen LogP) is 7.06. The van der Waals surface area contributed by atoms with E-state index in [1.54, 1.807) is 19.2 Å². The van der Waals surface area contributed by atoms with Gasteiger partial charge in [0.25, 0.3) is 0 Å². The van der Waals surface area contributed by atoms with Gasteiger partial charge in [-0.3, -0.25) is 0 Å². The van der Waals surface area contributed by atoms with Gasteiger partial charge in [0.05, 0.1) is 24.3 Å². The first-order valence-corrected chi connectivity index (χ1v) is 10.1. The van der Waals surface area contributed by atoms with Gasteiger partial charge in [-0.2, -0.15) is 5.26 Å². The first kappa shape index (κ1) is 25.1. The summed E-state index contributed by atoms with van der Waals surface area (Å²) in [7, 11) is 1.63. The first-order chi connectivity index (χ1) is 15.2. The summed E-state index contributed by atoms with van der Waals surface area (Å²) in [6.45, 7) is 13.9. The third-order valence-electron chi connectivity index (χ3n) is 4.07. The zero-order valence-electron chi connectivity index (χ0n) is 18.9. The second kappa shape index (κ2) is 13.3. The largest absolute Gasteiger partial charge is 0.497 e. The zero-order chi connectivity index (χ0) is 23.2. The maximum atomic E-state index is 9.14. The molecule has 31 heavy (non-hydrogen) atoms. The number of hydrogen-bond donors (Lipinski definition) is 1. The van der Waals surface area contributed by atoms with E-state index in [0.29, 0.717) is 17.2 Å². The molecule has 2 aromatic carbocycles. The molecule has 0 aliphatic heterocycles. The number of fused-ring (bicyclic) bond motifs is 1. The lowest BCUT2D eigenvalue weighted by molar-refractivity contribution is 0.415. The molecule has 3 rings (SSSR count). The third kappa shape index (κ3) is 6.55. The summed E-state index contributed by atoms with van der Waals surface area (Å²) in [5.41, 5.74) is 3.11. The molecule has 160 valence electrons. The Hall–Kier alpha value is -3.91. The van der Waals surface area contributed by atoms with Crippen LogP contribution in [0.4, 0.5) is 11.5 Å². The molecule has 1 N–H and O–H groups in total. The van der Waals surface area contributed by atoms with E-state index in [1.165, 1.54) is 0 Å². The second-order valence-electron chi connectivity index (χ2n) is 5.84. The molecule has 0 aliphatic rings. The summed E-state index contributed by atoms with van der Waals surface area (Å²) in [6.07, 6.45) is 5.91. The maximum Gasteiger partial charge on any atom is 0.161 e. The Bertz CT molecular complexity index is 1090. The van der Waals surface area contributed by atoms with Crippen molar-refractivity contribution in [2.24, 2.45) is 0 Å². The standard InChI is InChI=1S/C22H20N4O.C2H6.C2H4/c1-4-7-16(5-2)21-25-20-11-10-18(27-3)13-19(20)22(26-21)24-17-9-6-8-15(12-17)14-23;2*1-2/h4-13H,1-3H3,(H,24,25,26);1-2H3;1-2H2/b7-4-,16-5+;;. The maximum absolute atomic E-state index is 9.14. The number of nitriles is 1. The highest BCUT2D eigenvalue weighted by Gasteiger charge is 2.11. The van der Waals surface area contributed by atoms with Crippen LogP contribution in [-0.2, 0) is 0 Å². The van der Waals surface area contributed by atoms with Crippen molar-refractivity contribution in [2.45, 2.75) is 27.7 Å². The summed E-state index contributed by atoms with van der Waals surface area (Å²) >= 11 is 0. The van der Waals surface area contributed by atoms with Gasteiger partial charge in [-0.05, 0) is 50.2 Å². The van der Waals surface area contributed by atoms with Crippen LogP contribution in [0.1, 0.15) is 39.1 Å². The van der Waals surface area contributed by atoms with E-state index in [0.717, 1.165) is 27.9 Å². The molecule has 0 spiro atoms. The molecule has 0 fully saturated rings. The molecule has 0 amide bonds. The number of nitrogens with zero attached hydrogens (tertiary/aromatic N) is 3. The summed E-state index contributed by atoms with van der Waals surface area (Å²) in [4.78, 5) is 9.43. The summed E-state index contributed by atoms with van der Waals surface area (Å²) < 4.78 is 5.35. The molecule has 5 heteroatoms. The average molecular weight is 415 g/mol. The number of methoxy groups -OCH3 is 1. The van der Waals surface area contributed by atoms with Gasteiger partial charge in [-0.15, -0.1) is 13.2 Å². The lowest BCUT2D eigenvalue weighted by Crippen LogP contribution is -2.01. The van der Waals surface area contributed by atoms with Crippen LogP contribution >= 0.6 is 0 Å². The quantitative estimate of drug-likeness (QED) is 0.357. The summed E-state index contributed by atoms with van der Waals surface area (Å²) in [5, 5.41) is 13.3. The van der Waals surface area contributed by atoms with Crippen molar-refractivity contribution < 1.29 is 4.74 Å². The molecule has 3 aromatic rings. The highest BCUT2D eigenvalue weighted by molar-refractivity contribution is 5.93. The van der Waals surface area contributed by atoms with Gasteiger partial charge in [0.2, 0.25) is 0 Å². The van der Waals surface area contributed by atoms with E-state index in [9.17, 15) is 0 Å². The average Bonchev–Trinajstić information content (AvgIpc) is 2.84. The molecule has 0 unspecified atom stereocenters. The Morgan fingerprint density at radius 2 is 1.84 bits per heavy atom. The smallest absolute Gasteiger partial charge is 0.161 e. The molecular formula is C26H30N4O. The minimum absolute atomic E-state index is 0.583. The number of rotatable bonds is 5. The Balaban J connectivity index is 0.00000113. The van der Waals surface area contributed by atoms with E-state index in [2.05, 4.69) is 24.5 Å². The normalized spacial score (nSPS) is 10.4. The van der Waals surface area contributed by atoms with E-state index >= 15 is 0 Å². The third-order valence-corrected chi connectivity index (χ3v) is 4.07. The molecule has 0 saturated heterocycles. The van der Waals surface area contributed by atoms with Gasteiger partial charge in [-0.25, -0.2) is 9.97 Å². The van der Waals surface area contributed by atoms with Crippen molar-refractivity contribution in [1.82, 2.24) is 9.97 Å². The van der Waals surface area contributed by atoms with Crippen LogP contribution < -0.4 is 10.1 Å². The van der Waals surface area contributed by atoms with Crippen molar-refractivity contribution in [3.63, 3.8) is 0 Å². The topological polar surface area (TPSA) is 70.8 Å². The Morgan fingerprint density at radius 3 is 2.45 bits per heavy atom. The fraction of sp³-hybridized carbons (Fsp3) is 0.192. The number of nitrogens with one attached hydrogen (secondary N) is 1. The van der Waals surface area contributed by atoms with Crippen molar-refractivity contribution in [3.05, 3.63) is 85.2 Å². The van der Waals surface area contributed by atoms with Gasteiger partial charge in [-0.1, -0.05) is 38.1 Å². The molecule has 0 radical (unpaired) electrons. The zero-order valence-corrected chi connectivity index (χ0v) is 18.9. The van der Waals surface area contributed by atoms with Crippen LogP contribution in [0.2, 0.25) is 0 Å². The molecule has 0 aliphatic carbocycles. The lowest BCUT2D eigenvalue weighted by atomic mass is 10.1. The van der Waals surface area contributed by atoms with Crippen LogP contribution in [0, 0.1) is 11.3 Å². The van der Waals surface area contributed by atoms with Gasteiger partial charge in [0.15, 0.2) is 5.82 Å². The van der Waals surface area contributed by atoms with Crippen molar-refractivity contribution in [3.8, 4) is 11.8 Å². The number of hydrogen-bond acceptors (Lipinski definition) is 5. The second-order valence-corrected chi connectivity index (χ2v) is 5.84. The SMILES string of the molecule is C/C=C\C(=C/C)c1nc(Nc2cccc(C#N)c2)c2cc(OC)ccc2n1.C=C.CC. The number of aromatic nitrogens is 2. The van der Waals surface area contributed by atoms with E-state index < -0.39 is 0 Å². The predicted molar refractivity (Wildman–Crippen MR) is 132 cm³/mol. The number of ether oxygens (including phenoxy) is 1. The number of anilines is 2. The fourth-order valence-corrected chi connectivity index (χ4v) is 2.74. The molecule has 1 aromatic heterocycles. The van der Waals surface area contributed by atoms with Crippen LogP contribution in [0.3, 0.4) is 0 Å².